The number of halogens is 1. The zero-order chi connectivity index (χ0) is 12.0. The summed E-state index contributed by atoms with van der Waals surface area (Å²) in [7, 11) is 0. The Balaban J connectivity index is 2.11. The molecule has 1 saturated carbocycles. The predicted molar refractivity (Wildman–Crippen MR) is 73.9 cm³/mol. The van der Waals surface area contributed by atoms with Crippen molar-refractivity contribution in [2.75, 3.05) is 0 Å². The lowest BCUT2D eigenvalue weighted by atomic mass is 9.67. The average molecular weight is 249 g/mol. The highest BCUT2D eigenvalue weighted by Crippen LogP contribution is 2.56. The quantitative estimate of drug-likeness (QED) is 0.647. The van der Waals surface area contributed by atoms with Crippen LogP contribution in [0.3, 0.4) is 0 Å². The van der Waals surface area contributed by atoms with Gasteiger partial charge >= 0.3 is 0 Å². The predicted octanol–water partition coefficient (Wildman–Crippen LogP) is 5.12. The molecule has 0 amide bonds. The van der Waals surface area contributed by atoms with Gasteiger partial charge in [0.25, 0.3) is 0 Å². The summed E-state index contributed by atoms with van der Waals surface area (Å²) in [5.41, 5.74) is 4.92. The zero-order valence-corrected chi connectivity index (χ0v) is 11.6. The third-order valence-electron chi connectivity index (χ3n) is 5.14. The SMILES string of the molecule is CCc1ccc2c(c1Cl)CC[C@@]1(C)CCC[C@H]21. The highest BCUT2D eigenvalue weighted by atomic mass is 35.5. The van der Waals surface area contributed by atoms with Crippen molar-refractivity contribution >= 4 is 11.6 Å². The topological polar surface area (TPSA) is 0 Å². The summed E-state index contributed by atoms with van der Waals surface area (Å²) in [5, 5.41) is 1.07. The number of hydrogen-bond donors (Lipinski definition) is 0. The van der Waals surface area contributed by atoms with Crippen LogP contribution in [-0.2, 0) is 12.8 Å². The minimum absolute atomic E-state index is 0.560. The van der Waals surface area contributed by atoms with Crippen LogP contribution >= 0.6 is 11.6 Å². The van der Waals surface area contributed by atoms with Gasteiger partial charge in [-0.25, -0.2) is 0 Å². The number of aryl methyl sites for hydroxylation is 1. The highest BCUT2D eigenvalue weighted by molar-refractivity contribution is 6.32. The highest BCUT2D eigenvalue weighted by Gasteiger charge is 2.43. The minimum atomic E-state index is 0.560. The molecular weight excluding hydrogens is 228 g/mol. The fourth-order valence-corrected chi connectivity index (χ4v) is 4.41. The Morgan fingerprint density at radius 3 is 2.94 bits per heavy atom. The molecule has 2 atom stereocenters. The van der Waals surface area contributed by atoms with Gasteiger partial charge < -0.3 is 0 Å². The molecule has 0 heterocycles. The van der Waals surface area contributed by atoms with Gasteiger partial charge in [-0.1, -0.05) is 44.0 Å². The molecule has 92 valence electrons. The van der Waals surface area contributed by atoms with Crippen molar-refractivity contribution in [3.05, 3.63) is 33.8 Å². The van der Waals surface area contributed by atoms with E-state index in [1.54, 1.807) is 5.56 Å². The number of benzene rings is 1. The molecule has 0 aromatic heterocycles. The van der Waals surface area contributed by atoms with E-state index in [1.165, 1.54) is 43.2 Å². The molecule has 1 aromatic rings. The van der Waals surface area contributed by atoms with E-state index in [1.807, 2.05) is 0 Å². The van der Waals surface area contributed by atoms with Crippen molar-refractivity contribution < 1.29 is 0 Å². The molecule has 0 aliphatic heterocycles. The molecule has 0 nitrogen and oxygen atoms in total. The van der Waals surface area contributed by atoms with E-state index >= 15 is 0 Å². The molecule has 17 heavy (non-hydrogen) atoms. The number of rotatable bonds is 1. The lowest BCUT2D eigenvalue weighted by molar-refractivity contribution is 0.252. The van der Waals surface area contributed by atoms with Gasteiger partial charge in [-0.05, 0) is 60.1 Å². The second-order valence-corrected chi connectivity index (χ2v) is 6.44. The number of fused-ring (bicyclic) bond motifs is 3. The van der Waals surface area contributed by atoms with Crippen molar-refractivity contribution in [2.45, 2.75) is 58.3 Å². The normalized spacial score (nSPS) is 31.1. The van der Waals surface area contributed by atoms with Crippen LogP contribution in [0.5, 0.6) is 0 Å². The summed E-state index contributed by atoms with van der Waals surface area (Å²) >= 11 is 6.56. The van der Waals surface area contributed by atoms with Crippen LogP contribution in [0, 0.1) is 5.41 Å². The largest absolute Gasteiger partial charge is 0.0837 e. The first-order chi connectivity index (χ1) is 8.15. The van der Waals surface area contributed by atoms with Crippen molar-refractivity contribution in [3.63, 3.8) is 0 Å². The van der Waals surface area contributed by atoms with Gasteiger partial charge in [-0.3, -0.25) is 0 Å². The Hall–Kier alpha value is -0.490. The summed E-state index contributed by atoms with van der Waals surface area (Å²) in [5.74, 6) is 0.773. The Kier molecular flexibility index (Phi) is 2.74. The van der Waals surface area contributed by atoms with Crippen LogP contribution in [0.4, 0.5) is 0 Å². The van der Waals surface area contributed by atoms with E-state index in [0.717, 1.165) is 17.4 Å². The van der Waals surface area contributed by atoms with Crippen LogP contribution in [-0.4, -0.2) is 0 Å². The van der Waals surface area contributed by atoms with Gasteiger partial charge in [-0.2, -0.15) is 0 Å². The molecular formula is C16H21Cl. The fraction of sp³-hybridized carbons (Fsp3) is 0.625. The lowest BCUT2D eigenvalue weighted by Gasteiger charge is -2.38. The molecule has 0 bridgehead atoms. The van der Waals surface area contributed by atoms with Crippen LogP contribution in [0.1, 0.15) is 62.1 Å². The summed E-state index contributed by atoms with van der Waals surface area (Å²) in [6.07, 6.45) is 7.74. The molecule has 1 heteroatoms. The van der Waals surface area contributed by atoms with Gasteiger partial charge in [0.1, 0.15) is 0 Å². The van der Waals surface area contributed by atoms with Crippen molar-refractivity contribution in [2.24, 2.45) is 5.41 Å². The van der Waals surface area contributed by atoms with Gasteiger partial charge in [-0.15, -0.1) is 0 Å². The molecule has 0 saturated heterocycles. The summed E-state index contributed by atoms with van der Waals surface area (Å²) in [4.78, 5) is 0. The molecule has 0 spiro atoms. The summed E-state index contributed by atoms with van der Waals surface area (Å²) < 4.78 is 0. The molecule has 0 N–H and O–H groups in total. The molecule has 0 radical (unpaired) electrons. The van der Waals surface area contributed by atoms with E-state index in [2.05, 4.69) is 26.0 Å². The first-order valence-electron chi connectivity index (χ1n) is 6.96. The van der Waals surface area contributed by atoms with Gasteiger partial charge in [0.15, 0.2) is 0 Å². The standard InChI is InChI=1S/C16H21Cl/c1-3-11-6-7-12-13(15(11)17)8-10-16(2)9-4-5-14(12)16/h6-7,14H,3-5,8-10H2,1-2H3/t14-,16-/m1/s1. The second-order valence-electron chi connectivity index (χ2n) is 6.06. The van der Waals surface area contributed by atoms with E-state index in [9.17, 15) is 0 Å². The maximum absolute atomic E-state index is 6.56. The van der Waals surface area contributed by atoms with Crippen LogP contribution in [0.15, 0.2) is 12.1 Å². The maximum Gasteiger partial charge on any atom is 0.0472 e. The zero-order valence-electron chi connectivity index (χ0n) is 10.9. The van der Waals surface area contributed by atoms with Crippen LogP contribution in [0.2, 0.25) is 5.02 Å². The van der Waals surface area contributed by atoms with E-state index in [-0.39, 0.29) is 0 Å². The molecule has 2 aliphatic rings. The Morgan fingerprint density at radius 1 is 1.35 bits per heavy atom. The first kappa shape index (κ1) is 11.6. The first-order valence-corrected chi connectivity index (χ1v) is 7.33. The molecule has 1 fully saturated rings. The van der Waals surface area contributed by atoms with E-state index < -0.39 is 0 Å². The van der Waals surface area contributed by atoms with E-state index in [0.29, 0.717) is 5.41 Å². The molecule has 1 aromatic carbocycles. The lowest BCUT2D eigenvalue weighted by Crippen LogP contribution is -2.26. The summed E-state index contributed by atoms with van der Waals surface area (Å²) in [6, 6.07) is 4.62. The Morgan fingerprint density at radius 2 is 2.18 bits per heavy atom. The Labute approximate surface area is 109 Å². The van der Waals surface area contributed by atoms with Crippen molar-refractivity contribution in [1.82, 2.24) is 0 Å². The minimum Gasteiger partial charge on any atom is -0.0837 e. The molecule has 0 unspecified atom stereocenters. The smallest absolute Gasteiger partial charge is 0.0472 e. The number of hydrogen-bond acceptors (Lipinski definition) is 0. The average Bonchev–Trinajstić information content (AvgIpc) is 2.71. The maximum atomic E-state index is 6.56. The monoisotopic (exact) mass is 248 g/mol. The Bertz CT molecular complexity index is 449. The third kappa shape index (κ3) is 1.64. The van der Waals surface area contributed by atoms with Crippen molar-refractivity contribution in [3.8, 4) is 0 Å². The van der Waals surface area contributed by atoms with Gasteiger partial charge in [0, 0.05) is 5.02 Å². The summed E-state index contributed by atoms with van der Waals surface area (Å²) in [6.45, 7) is 4.67. The van der Waals surface area contributed by atoms with Crippen LogP contribution in [0.25, 0.3) is 0 Å². The van der Waals surface area contributed by atoms with Gasteiger partial charge in [0.05, 0.1) is 0 Å². The second kappa shape index (κ2) is 4.02. The third-order valence-corrected chi connectivity index (χ3v) is 5.61. The molecule has 2 aliphatic carbocycles. The molecule has 3 rings (SSSR count). The fourth-order valence-electron chi connectivity index (χ4n) is 4.01. The van der Waals surface area contributed by atoms with Crippen molar-refractivity contribution in [1.29, 1.82) is 0 Å². The van der Waals surface area contributed by atoms with Gasteiger partial charge in [0.2, 0.25) is 0 Å². The van der Waals surface area contributed by atoms with E-state index in [4.69, 9.17) is 11.6 Å². The van der Waals surface area contributed by atoms with Crippen LogP contribution < -0.4 is 0 Å².